The Balaban J connectivity index is 4.35. The number of hydrogen-bond donors (Lipinski definition) is 2. The molecule has 6 heteroatoms. The molecule has 0 fully saturated rings. The SMILES string of the molecule is COC(=O)[C@@H](NC(=O)CC(C)=O)[C@@H](C)O. The number of hydrogen-bond acceptors (Lipinski definition) is 5. The van der Waals surface area contributed by atoms with Gasteiger partial charge in [-0.05, 0) is 13.8 Å². The number of Topliss-reactive ketones (excluding diaryl/α,β-unsaturated/α-hetero) is 1. The number of amides is 1. The van der Waals surface area contributed by atoms with Crippen LogP contribution in [-0.4, -0.2) is 42.0 Å². The van der Waals surface area contributed by atoms with Crippen LogP contribution in [0.25, 0.3) is 0 Å². The van der Waals surface area contributed by atoms with Crippen molar-refractivity contribution in [2.75, 3.05) is 7.11 Å². The third-order valence-corrected chi connectivity index (χ3v) is 1.66. The van der Waals surface area contributed by atoms with Crippen LogP contribution in [0.3, 0.4) is 0 Å². The molecule has 0 aromatic carbocycles. The van der Waals surface area contributed by atoms with Gasteiger partial charge in [-0.15, -0.1) is 0 Å². The third kappa shape index (κ3) is 5.11. The van der Waals surface area contributed by atoms with Crippen molar-refractivity contribution in [2.24, 2.45) is 0 Å². The molecule has 2 atom stereocenters. The summed E-state index contributed by atoms with van der Waals surface area (Å²) >= 11 is 0. The van der Waals surface area contributed by atoms with Gasteiger partial charge in [0.05, 0.1) is 19.6 Å². The van der Waals surface area contributed by atoms with E-state index in [4.69, 9.17) is 0 Å². The fourth-order valence-corrected chi connectivity index (χ4v) is 0.954. The molecule has 0 bridgehead atoms. The van der Waals surface area contributed by atoms with Crippen molar-refractivity contribution >= 4 is 17.7 Å². The number of methoxy groups -OCH3 is 1. The maximum absolute atomic E-state index is 11.1. The van der Waals surface area contributed by atoms with E-state index in [2.05, 4.69) is 10.1 Å². The van der Waals surface area contributed by atoms with Crippen LogP contribution in [-0.2, 0) is 19.1 Å². The highest BCUT2D eigenvalue weighted by Gasteiger charge is 2.26. The van der Waals surface area contributed by atoms with Gasteiger partial charge in [-0.3, -0.25) is 9.59 Å². The number of ether oxygens (including phenoxy) is 1. The first-order valence-electron chi connectivity index (χ1n) is 4.43. The van der Waals surface area contributed by atoms with Crippen LogP contribution in [0.5, 0.6) is 0 Å². The monoisotopic (exact) mass is 217 g/mol. The normalized spacial score (nSPS) is 13.9. The quantitative estimate of drug-likeness (QED) is 0.455. The zero-order valence-electron chi connectivity index (χ0n) is 8.94. The van der Waals surface area contributed by atoms with Gasteiger partial charge in [0.15, 0.2) is 6.04 Å². The summed E-state index contributed by atoms with van der Waals surface area (Å²) < 4.78 is 4.38. The summed E-state index contributed by atoms with van der Waals surface area (Å²) in [4.78, 5) is 32.8. The molecule has 0 aliphatic rings. The maximum atomic E-state index is 11.1. The van der Waals surface area contributed by atoms with Gasteiger partial charge in [0.25, 0.3) is 0 Å². The summed E-state index contributed by atoms with van der Waals surface area (Å²) in [5, 5.41) is 11.4. The summed E-state index contributed by atoms with van der Waals surface area (Å²) in [6.45, 7) is 2.60. The molecule has 0 unspecified atom stereocenters. The van der Waals surface area contributed by atoms with Crippen molar-refractivity contribution in [3.63, 3.8) is 0 Å². The van der Waals surface area contributed by atoms with Gasteiger partial charge in [-0.25, -0.2) is 4.79 Å². The van der Waals surface area contributed by atoms with Gasteiger partial charge in [0, 0.05) is 0 Å². The number of carbonyl (C=O) groups excluding carboxylic acids is 3. The highest BCUT2D eigenvalue weighted by atomic mass is 16.5. The van der Waals surface area contributed by atoms with E-state index in [9.17, 15) is 19.5 Å². The first kappa shape index (κ1) is 13.6. The van der Waals surface area contributed by atoms with Crippen molar-refractivity contribution in [3.8, 4) is 0 Å². The molecule has 0 rings (SSSR count). The summed E-state index contributed by atoms with van der Waals surface area (Å²) in [5.41, 5.74) is 0. The predicted molar refractivity (Wildman–Crippen MR) is 50.9 cm³/mol. The molecular formula is C9H15NO5. The van der Waals surface area contributed by atoms with Gasteiger partial charge in [-0.1, -0.05) is 0 Å². The van der Waals surface area contributed by atoms with E-state index < -0.39 is 24.0 Å². The van der Waals surface area contributed by atoms with E-state index >= 15 is 0 Å². The highest BCUT2D eigenvalue weighted by Crippen LogP contribution is 1.97. The fraction of sp³-hybridized carbons (Fsp3) is 0.667. The first-order chi connectivity index (χ1) is 6.88. The number of aliphatic hydroxyl groups excluding tert-OH is 1. The molecule has 15 heavy (non-hydrogen) atoms. The molecule has 0 aliphatic heterocycles. The molecule has 0 saturated heterocycles. The summed E-state index contributed by atoms with van der Waals surface area (Å²) in [6, 6.07) is -1.14. The van der Waals surface area contributed by atoms with Crippen molar-refractivity contribution in [3.05, 3.63) is 0 Å². The van der Waals surface area contributed by atoms with Crippen LogP contribution in [0.1, 0.15) is 20.3 Å². The van der Waals surface area contributed by atoms with E-state index in [1.54, 1.807) is 0 Å². The molecule has 0 radical (unpaired) electrons. The minimum absolute atomic E-state index is 0.318. The lowest BCUT2D eigenvalue weighted by Gasteiger charge is -2.18. The molecule has 2 N–H and O–H groups in total. The average Bonchev–Trinajstić information content (AvgIpc) is 2.11. The van der Waals surface area contributed by atoms with E-state index in [1.807, 2.05) is 0 Å². The Morgan fingerprint density at radius 3 is 2.27 bits per heavy atom. The van der Waals surface area contributed by atoms with Crippen LogP contribution < -0.4 is 5.32 Å². The van der Waals surface area contributed by atoms with E-state index in [0.717, 1.165) is 7.11 Å². The second-order valence-corrected chi connectivity index (χ2v) is 3.19. The minimum Gasteiger partial charge on any atom is -0.467 e. The minimum atomic E-state index is -1.14. The third-order valence-electron chi connectivity index (χ3n) is 1.66. The maximum Gasteiger partial charge on any atom is 0.331 e. The second kappa shape index (κ2) is 6.13. The molecule has 0 heterocycles. The van der Waals surface area contributed by atoms with Crippen LogP contribution in [0.15, 0.2) is 0 Å². The Hall–Kier alpha value is -1.43. The fourth-order valence-electron chi connectivity index (χ4n) is 0.954. The predicted octanol–water partition coefficient (Wildman–Crippen LogP) is -0.996. The molecule has 0 aliphatic carbocycles. The number of carbonyl (C=O) groups is 3. The lowest BCUT2D eigenvalue weighted by Crippen LogP contribution is -2.48. The smallest absolute Gasteiger partial charge is 0.331 e. The Labute approximate surface area is 87.6 Å². The topological polar surface area (TPSA) is 92.7 Å². The molecular weight excluding hydrogens is 202 g/mol. The zero-order valence-corrected chi connectivity index (χ0v) is 8.94. The first-order valence-corrected chi connectivity index (χ1v) is 4.43. The summed E-state index contributed by atoms with van der Waals surface area (Å²) in [5.74, 6) is -1.68. The van der Waals surface area contributed by atoms with E-state index in [-0.39, 0.29) is 12.2 Å². The van der Waals surface area contributed by atoms with E-state index in [0.29, 0.717) is 0 Å². The Morgan fingerprint density at radius 1 is 1.40 bits per heavy atom. The standard InChI is InChI=1S/C9H15NO5/c1-5(11)4-7(13)10-8(6(2)12)9(14)15-3/h6,8,12H,4H2,1-3H3,(H,10,13)/t6-,8+/m1/s1. The zero-order chi connectivity index (χ0) is 12.0. The molecule has 0 aromatic heterocycles. The number of esters is 1. The Morgan fingerprint density at radius 2 is 1.93 bits per heavy atom. The number of ketones is 1. The molecule has 0 aromatic rings. The van der Waals surface area contributed by atoms with Gasteiger partial charge in [-0.2, -0.15) is 0 Å². The van der Waals surface area contributed by atoms with Gasteiger partial charge in [0.1, 0.15) is 5.78 Å². The number of aliphatic hydroxyl groups is 1. The van der Waals surface area contributed by atoms with Gasteiger partial charge in [0.2, 0.25) is 5.91 Å². The number of nitrogens with one attached hydrogen (secondary N) is 1. The molecule has 6 nitrogen and oxygen atoms in total. The molecule has 86 valence electrons. The molecule has 0 saturated carbocycles. The van der Waals surface area contributed by atoms with Gasteiger partial charge < -0.3 is 15.2 Å². The second-order valence-electron chi connectivity index (χ2n) is 3.19. The highest BCUT2D eigenvalue weighted by molar-refractivity contribution is 5.98. The van der Waals surface area contributed by atoms with Crippen LogP contribution in [0.2, 0.25) is 0 Å². The Bertz CT molecular complexity index is 261. The van der Waals surface area contributed by atoms with Gasteiger partial charge >= 0.3 is 5.97 Å². The largest absolute Gasteiger partial charge is 0.467 e. The van der Waals surface area contributed by atoms with Crippen molar-refractivity contribution in [1.82, 2.24) is 5.32 Å². The van der Waals surface area contributed by atoms with E-state index in [1.165, 1.54) is 13.8 Å². The van der Waals surface area contributed by atoms with Crippen LogP contribution >= 0.6 is 0 Å². The summed E-state index contributed by atoms with van der Waals surface area (Å²) in [6.07, 6.45) is -1.39. The van der Waals surface area contributed by atoms with Crippen LogP contribution in [0.4, 0.5) is 0 Å². The summed E-state index contributed by atoms with van der Waals surface area (Å²) in [7, 11) is 1.15. The lowest BCUT2D eigenvalue weighted by molar-refractivity contribution is -0.148. The van der Waals surface area contributed by atoms with Crippen molar-refractivity contribution in [2.45, 2.75) is 32.4 Å². The van der Waals surface area contributed by atoms with Crippen molar-refractivity contribution in [1.29, 1.82) is 0 Å². The van der Waals surface area contributed by atoms with Crippen LogP contribution in [0, 0.1) is 0 Å². The van der Waals surface area contributed by atoms with Crippen molar-refractivity contribution < 1.29 is 24.2 Å². The molecule has 1 amide bonds. The number of rotatable bonds is 5. The average molecular weight is 217 g/mol. The lowest BCUT2D eigenvalue weighted by atomic mass is 10.1. The Kier molecular flexibility index (Phi) is 5.54. The molecule has 0 spiro atoms.